The lowest BCUT2D eigenvalue weighted by atomic mass is 10.0. The molecule has 2 aliphatic rings. The second-order valence-electron chi connectivity index (χ2n) is 5.69. The van der Waals surface area contributed by atoms with E-state index in [1.807, 2.05) is 0 Å². The maximum absolute atomic E-state index is 9.82. The highest BCUT2D eigenvalue weighted by atomic mass is 16.3. The molecule has 94 valence electrons. The van der Waals surface area contributed by atoms with Gasteiger partial charge in [0.25, 0.3) is 0 Å². The summed E-state index contributed by atoms with van der Waals surface area (Å²) < 4.78 is 0. The predicted molar refractivity (Wildman–Crippen MR) is 66.5 cm³/mol. The van der Waals surface area contributed by atoms with Gasteiger partial charge in [-0.3, -0.25) is 4.90 Å². The fourth-order valence-corrected chi connectivity index (χ4v) is 3.02. The van der Waals surface area contributed by atoms with Crippen molar-refractivity contribution in [3.8, 4) is 0 Å². The highest BCUT2D eigenvalue weighted by Crippen LogP contribution is 2.26. The highest BCUT2D eigenvalue weighted by molar-refractivity contribution is 4.82. The molecule has 1 saturated heterocycles. The third-order valence-electron chi connectivity index (χ3n) is 4.25. The zero-order valence-electron chi connectivity index (χ0n) is 10.7. The van der Waals surface area contributed by atoms with Gasteiger partial charge in [0.1, 0.15) is 0 Å². The van der Waals surface area contributed by atoms with E-state index < -0.39 is 0 Å². The standard InChI is InChI=1S/C13H26N2O/c1-11(2)15-8-6-14(7-9-15)10-12-4-3-5-13(12)16/h11-13,16H,3-10H2,1-2H3. The Morgan fingerprint density at radius 2 is 1.81 bits per heavy atom. The number of hydrogen-bond acceptors (Lipinski definition) is 3. The van der Waals surface area contributed by atoms with Crippen LogP contribution in [-0.4, -0.2) is 59.8 Å². The van der Waals surface area contributed by atoms with E-state index in [4.69, 9.17) is 0 Å². The number of hydrogen-bond donors (Lipinski definition) is 1. The number of nitrogens with zero attached hydrogens (tertiary/aromatic N) is 2. The van der Waals surface area contributed by atoms with Gasteiger partial charge in [0.15, 0.2) is 0 Å². The van der Waals surface area contributed by atoms with Crippen molar-refractivity contribution < 1.29 is 5.11 Å². The third-order valence-corrected chi connectivity index (χ3v) is 4.25. The van der Waals surface area contributed by atoms with E-state index in [0.717, 1.165) is 13.0 Å². The number of rotatable bonds is 3. The molecule has 1 aliphatic heterocycles. The van der Waals surface area contributed by atoms with Gasteiger partial charge >= 0.3 is 0 Å². The molecule has 2 atom stereocenters. The van der Waals surface area contributed by atoms with E-state index in [2.05, 4.69) is 23.6 Å². The molecule has 16 heavy (non-hydrogen) atoms. The van der Waals surface area contributed by atoms with Crippen molar-refractivity contribution in [3.63, 3.8) is 0 Å². The summed E-state index contributed by atoms with van der Waals surface area (Å²) in [6, 6.07) is 0.680. The van der Waals surface area contributed by atoms with Gasteiger partial charge in [0.2, 0.25) is 0 Å². The number of aliphatic hydroxyl groups excluding tert-OH is 1. The van der Waals surface area contributed by atoms with Crippen LogP contribution in [-0.2, 0) is 0 Å². The van der Waals surface area contributed by atoms with E-state index in [0.29, 0.717) is 12.0 Å². The summed E-state index contributed by atoms with van der Waals surface area (Å²) in [6.07, 6.45) is 3.45. The molecule has 1 N–H and O–H groups in total. The molecule has 1 heterocycles. The Kier molecular flexibility index (Phi) is 4.22. The molecule has 0 spiro atoms. The first-order valence-electron chi connectivity index (χ1n) is 6.81. The maximum atomic E-state index is 9.82. The Morgan fingerprint density at radius 1 is 1.12 bits per heavy atom. The molecular formula is C13H26N2O. The van der Waals surface area contributed by atoms with Crippen LogP contribution in [0, 0.1) is 5.92 Å². The molecular weight excluding hydrogens is 200 g/mol. The Morgan fingerprint density at radius 3 is 2.31 bits per heavy atom. The lowest BCUT2D eigenvalue weighted by Crippen LogP contribution is -2.50. The molecule has 3 heteroatoms. The molecule has 1 aliphatic carbocycles. The Hall–Kier alpha value is -0.120. The van der Waals surface area contributed by atoms with Crippen molar-refractivity contribution in [1.29, 1.82) is 0 Å². The van der Waals surface area contributed by atoms with Gasteiger partial charge in [0, 0.05) is 38.8 Å². The molecule has 0 aromatic heterocycles. The van der Waals surface area contributed by atoms with Crippen LogP contribution < -0.4 is 0 Å². The van der Waals surface area contributed by atoms with Crippen LogP contribution in [0.5, 0.6) is 0 Å². The SMILES string of the molecule is CC(C)N1CCN(CC2CCCC2O)CC1. The van der Waals surface area contributed by atoms with Crippen molar-refractivity contribution >= 4 is 0 Å². The topological polar surface area (TPSA) is 26.7 Å². The molecule has 0 bridgehead atoms. The fraction of sp³-hybridized carbons (Fsp3) is 1.00. The van der Waals surface area contributed by atoms with E-state index in [-0.39, 0.29) is 6.10 Å². The minimum atomic E-state index is -0.0249. The zero-order valence-corrected chi connectivity index (χ0v) is 10.7. The normalized spacial score (nSPS) is 33.8. The Balaban J connectivity index is 1.72. The summed E-state index contributed by atoms with van der Waals surface area (Å²) in [7, 11) is 0. The van der Waals surface area contributed by atoms with Crippen LogP contribution in [0.25, 0.3) is 0 Å². The Bertz CT molecular complexity index is 212. The lowest BCUT2D eigenvalue weighted by molar-refractivity contribution is 0.0647. The van der Waals surface area contributed by atoms with Gasteiger partial charge in [-0.1, -0.05) is 6.42 Å². The third kappa shape index (κ3) is 2.96. The van der Waals surface area contributed by atoms with Crippen LogP contribution >= 0.6 is 0 Å². The summed E-state index contributed by atoms with van der Waals surface area (Å²) >= 11 is 0. The van der Waals surface area contributed by atoms with Crippen molar-refractivity contribution in [2.45, 2.75) is 45.3 Å². The first-order chi connectivity index (χ1) is 7.66. The second kappa shape index (κ2) is 5.48. The van der Waals surface area contributed by atoms with E-state index in [9.17, 15) is 5.11 Å². The quantitative estimate of drug-likeness (QED) is 0.782. The zero-order chi connectivity index (χ0) is 11.5. The van der Waals surface area contributed by atoms with Gasteiger partial charge in [-0.25, -0.2) is 0 Å². The number of aliphatic hydroxyl groups is 1. The molecule has 2 unspecified atom stereocenters. The summed E-state index contributed by atoms with van der Waals surface area (Å²) in [5.41, 5.74) is 0. The lowest BCUT2D eigenvalue weighted by Gasteiger charge is -2.38. The maximum Gasteiger partial charge on any atom is 0.0580 e. The van der Waals surface area contributed by atoms with Crippen LogP contribution in [0.3, 0.4) is 0 Å². The average molecular weight is 226 g/mol. The van der Waals surface area contributed by atoms with Gasteiger partial charge in [-0.2, -0.15) is 0 Å². The Labute approximate surface area is 99.4 Å². The molecule has 2 fully saturated rings. The summed E-state index contributed by atoms with van der Waals surface area (Å²) in [4.78, 5) is 5.08. The first-order valence-corrected chi connectivity index (χ1v) is 6.81. The van der Waals surface area contributed by atoms with Gasteiger partial charge < -0.3 is 10.0 Å². The molecule has 0 radical (unpaired) electrons. The summed E-state index contributed by atoms with van der Waals surface area (Å²) in [5, 5.41) is 9.82. The fourth-order valence-electron chi connectivity index (χ4n) is 3.02. The molecule has 0 aromatic carbocycles. The van der Waals surface area contributed by atoms with Crippen molar-refractivity contribution in [2.24, 2.45) is 5.92 Å². The molecule has 1 saturated carbocycles. The van der Waals surface area contributed by atoms with Crippen molar-refractivity contribution in [1.82, 2.24) is 9.80 Å². The van der Waals surface area contributed by atoms with Crippen LogP contribution in [0.2, 0.25) is 0 Å². The first kappa shape index (κ1) is 12.3. The average Bonchev–Trinajstić information content (AvgIpc) is 2.65. The van der Waals surface area contributed by atoms with Gasteiger partial charge in [-0.15, -0.1) is 0 Å². The number of piperazine rings is 1. The van der Waals surface area contributed by atoms with Crippen molar-refractivity contribution in [2.75, 3.05) is 32.7 Å². The van der Waals surface area contributed by atoms with E-state index in [1.165, 1.54) is 39.0 Å². The molecule has 0 amide bonds. The largest absolute Gasteiger partial charge is 0.393 e. The highest BCUT2D eigenvalue weighted by Gasteiger charge is 2.28. The van der Waals surface area contributed by atoms with Crippen LogP contribution in [0.15, 0.2) is 0 Å². The van der Waals surface area contributed by atoms with Gasteiger partial charge in [-0.05, 0) is 32.6 Å². The van der Waals surface area contributed by atoms with Crippen LogP contribution in [0.1, 0.15) is 33.1 Å². The molecule has 3 nitrogen and oxygen atoms in total. The van der Waals surface area contributed by atoms with Crippen LogP contribution in [0.4, 0.5) is 0 Å². The van der Waals surface area contributed by atoms with Gasteiger partial charge in [0.05, 0.1) is 6.10 Å². The predicted octanol–water partition coefficient (Wildman–Crippen LogP) is 1.17. The minimum Gasteiger partial charge on any atom is -0.393 e. The molecule has 0 aromatic rings. The van der Waals surface area contributed by atoms with Crippen molar-refractivity contribution in [3.05, 3.63) is 0 Å². The van der Waals surface area contributed by atoms with E-state index >= 15 is 0 Å². The van der Waals surface area contributed by atoms with E-state index in [1.54, 1.807) is 0 Å². The summed E-state index contributed by atoms with van der Waals surface area (Å²) in [6.45, 7) is 10.4. The summed E-state index contributed by atoms with van der Waals surface area (Å²) in [5.74, 6) is 0.547. The molecule has 2 rings (SSSR count). The second-order valence-corrected chi connectivity index (χ2v) is 5.69. The minimum absolute atomic E-state index is 0.0249. The smallest absolute Gasteiger partial charge is 0.0580 e. The monoisotopic (exact) mass is 226 g/mol.